The van der Waals surface area contributed by atoms with Gasteiger partial charge in [-0.1, -0.05) is 273 Å². The van der Waals surface area contributed by atoms with Gasteiger partial charge in [0.1, 0.15) is 13.2 Å². The van der Waals surface area contributed by atoms with Gasteiger partial charge in [0.05, 0.1) is 0 Å². The number of esters is 3. The molecule has 0 aromatic heterocycles. The molecule has 0 rings (SSSR count). The van der Waals surface area contributed by atoms with E-state index in [-0.39, 0.29) is 31.1 Å². The third-order valence-electron chi connectivity index (χ3n) is 12.7. The Kier molecular flexibility index (Phi) is 55.3. The molecule has 0 radical (unpaired) electrons. The molecule has 0 aliphatic carbocycles. The first kappa shape index (κ1) is 66.6. The van der Waals surface area contributed by atoms with Crippen molar-refractivity contribution in [3.8, 4) is 0 Å². The second kappa shape index (κ2) is 58.2. The number of rotatable bonds is 53. The van der Waals surface area contributed by atoms with Crippen molar-refractivity contribution in [1.29, 1.82) is 0 Å². The summed E-state index contributed by atoms with van der Waals surface area (Å²) in [6, 6.07) is 0. The second-order valence-corrected chi connectivity index (χ2v) is 19.5. The minimum Gasteiger partial charge on any atom is -0.462 e. The molecule has 6 nitrogen and oxygen atoms in total. The van der Waals surface area contributed by atoms with Gasteiger partial charge in [0, 0.05) is 19.3 Å². The minimum atomic E-state index is -0.770. The van der Waals surface area contributed by atoms with Crippen LogP contribution >= 0.6 is 0 Å². The van der Waals surface area contributed by atoms with E-state index in [1.54, 1.807) is 0 Å². The van der Waals surface area contributed by atoms with Gasteiger partial charge in [-0.3, -0.25) is 14.4 Å². The molecule has 1 atom stereocenters. The highest BCUT2D eigenvalue weighted by Crippen LogP contribution is 2.16. The van der Waals surface area contributed by atoms with Crippen molar-refractivity contribution in [2.75, 3.05) is 13.2 Å². The topological polar surface area (TPSA) is 78.9 Å². The summed E-state index contributed by atoms with van der Waals surface area (Å²) < 4.78 is 16.8. The molecular formula is C64H110O6. The summed E-state index contributed by atoms with van der Waals surface area (Å²) in [7, 11) is 0. The predicted molar refractivity (Wildman–Crippen MR) is 302 cm³/mol. The van der Waals surface area contributed by atoms with E-state index in [2.05, 4.69) is 106 Å². The Balaban J connectivity index is 4.04. The second-order valence-electron chi connectivity index (χ2n) is 19.5. The highest BCUT2D eigenvalue weighted by molar-refractivity contribution is 5.71. The molecule has 0 spiro atoms. The number of carbonyl (C=O) groups is 3. The van der Waals surface area contributed by atoms with Crippen LogP contribution in [0.3, 0.4) is 0 Å². The zero-order valence-corrected chi connectivity index (χ0v) is 46.0. The maximum absolute atomic E-state index is 12.8. The van der Waals surface area contributed by atoms with Crippen molar-refractivity contribution in [2.24, 2.45) is 0 Å². The highest BCUT2D eigenvalue weighted by atomic mass is 16.6. The lowest BCUT2D eigenvalue weighted by atomic mass is 10.0. The van der Waals surface area contributed by atoms with Gasteiger partial charge in [-0.15, -0.1) is 0 Å². The Bertz CT molecular complexity index is 1350. The van der Waals surface area contributed by atoms with Gasteiger partial charge in [0.2, 0.25) is 0 Å². The molecule has 0 aliphatic rings. The molecule has 0 N–H and O–H groups in total. The standard InChI is InChI=1S/C64H110O6/c1-4-7-10-13-16-18-20-22-23-24-25-26-27-28-29-30-31-32-33-34-35-36-37-38-39-40-41-42-44-45-48-51-54-57-63(66)69-60-61(59-68-62(65)56-53-50-47-15-12-9-6-3)70-64(67)58-55-52-49-46-43-21-19-17-14-11-8-5-2/h7,10,16,18,22-23,25-26,28-29,31-32,34-35,61H,4-6,8-9,11-15,17,19-21,24,27,30,33,36-60H2,1-3H3/b10-7-,18-16-,23-22-,26-25-,29-28-,32-31-,35-34-. The molecule has 0 fully saturated rings. The predicted octanol–water partition coefficient (Wildman–Crippen LogP) is 19.9. The molecule has 402 valence electrons. The average Bonchev–Trinajstić information content (AvgIpc) is 3.36. The van der Waals surface area contributed by atoms with Crippen molar-refractivity contribution < 1.29 is 28.6 Å². The summed E-state index contributed by atoms with van der Waals surface area (Å²) in [5.74, 6) is -0.876. The van der Waals surface area contributed by atoms with Crippen LogP contribution in [-0.4, -0.2) is 37.2 Å². The number of hydrogen-bond acceptors (Lipinski definition) is 6. The fourth-order valence-corrected chi connectivity index (χ4v) is 8.25. The van der Waals surface area contributed by atoms with Crippen LogP contribution in [0.15, 0.2) is 85.1 Å². The number of allylic oxidation sites excluding steroid dienone is 14. The van der Waals surface area contributed by atoms with Crippen molar-refractivity contribution in [3.63, 3.8) is 0 Å². The van der Waals surface area contributed by atoms with Gasteiger partial charge < -0.3 is 14.2 Å². The number of carbonyl (C=O) groups excluding carboxylic acids is 3. The Morgan fingerprint density at radius 1 is 0.300 bits per heavy atom. The fraction of sp³-hybridized carbons (Fsp3) is 0.734. The van der Waals surface area contributed by atoms with Crippen LogP contribution in [0, 0.1) is 0 Å². The fourth-order valence-electron chi connectivity index (χ4n) is 8.25. The molecule has 0 amide bonds. The van der Waals surface area contributed by atoms with Crippen molar-refractivity contribution in [2.45, 2.75) is 290 Å². The smallest absolute Gasteiger partial charge is 0.306 e. The van der Waals surface area contributed by atoms with Crippen molar-refractivity contribution in [1.82, 2.24) is 0 Å². The first-order chi connectivity index (χ1) is 34.5. The lowest BCUT2D eigenvalue weighted by Crippen LogP contribution is -2.30. The monoisotopic (exact) mass is 975 g/mol. The molecule has 0 heterocycles. The summed E-state index contributed by atoms with van der Waals surface area (Å²) in [6.07, 6.45) is 76.1. The van der Waals surface area contributed by atoms with Crippen LogP contribution in [-0.2, 0) is 28.6 Å². The molecule has 0 aliphatic heterocycles. The molecule has 6 heteroatoms. The maximum Gasteiger partial charge on any atom is 0.306 e. The van der Waals surface area contributed by atoms with Crippen LogP contribution in [0.25, 0.3) is 0 Å². The van der Waals surface area contributed by atoms with Gasteiger partial charge in [-0.25, -0.2) is 0 Å². The molecular weight excluding hydrogens is 865 g/mol. The minimum absolute atomic E-state index is 0.0730. The van der Waals surface area contributed by atoms with Gasteiger partial charge in [0.25, 0.3) is 0 Å². The molecule has 0 saturated carbocycles. The van der Waals surface area contributed by atoms with E-state index in [0.717, 1.165) is 103 Å². The maximum atomic E-state index is 12.8. The molecule has 70 heavy (non-hydrogen) atoms. The lowest BCUT2D eigenvalue weighted by Gasteiger charge is -2.18. The van der Waals surface area contributed by atoms with Crippen LogP contribution in [0.2, 0.25) is 0 Å². The molecule has 1 unspecified atom stereocenters. The average molecular weight is 976 g/mol. The van der Waals surface area contributed by atoms with Gasteiger partial charge in [0.15, 0.2) is 6.10 Å². The molecule has 0 aromatic rings. The first-order valence-corrected chi connectivity index (χ1v) is 29.6. The van der Waals surface area contributed by atoms with Crippen LogP contribution in [0.1, 0.15) is 284 Å². The van der Waals surface area contributed by atoms with E-state index >= 15 is 0 Å². The van der Waals surface area contributed by atoms with Gasteiger partial charge in [-0.2, -0.15) is 0 Å². The van der Waals surface area contributed by atoms with Crippen LogP contribution < -0.4 is 0 Å². The van der Waals surface area contributed by atoms with Crippen molar-refractivity contribution >= 4 is 17.9 Å². The van der Waals surface area contributed by atoms with Gasteiger partial charge >= 0.3 is 17.9 Å². The Morgan fingerprint density at radius 3 is 0.871 bits per heavy atom. The number of hydrogen-bond donors (Lipinski definition) is 0. The zero-order chi connectivity index (χ0) is 50.7. The van der Waals surface area contributed by atoms with Crippen LogP contribution in [0.5, 0.6) is 0 Å². The summed E-state index contributed by atoms with van der Waals surface area (Å²) in [5, 5.41) is 0. The normalized spacial score (nSPS) is 12.7. The quantitative estimate of drug-likeness (QED) is 0.0261. The molecule has 0 aromatic carbocycles. The number of unbranched alkanes of at least 4 members (excludes halogenated alkanes) is 28. The van der Waals surface area contributed by atoms with Gasteiger partial charge in [-0.05, 0) is 77.0 Å². The van der Waals surface area contributed by atoms with Crippen molar-refractivity contribution in [3.05, 3.63) is 85.1 Å². The molecule has 0 saturated heterocycles. The molecule has 0 bridgehead atoms. The summed E-state index contributed by atoms with van der Waals surface area (Å²) in [5.41, 5.74) is 0. The Labute approximate surface area is 433 Å². The highest BCUT2D eigenvalue weighted by Gasteiger charge is 2.19. The zero-order valence-electron chi connectivity index (χ0n) is 46.0. The van der Waals surface area contributed by atoms with E-state index in [0.29, 0.717) is 19.3 Å². The Hall–Kier alpha value is -3.41. The summed E-state index contributed by atoms with van der Waals surface area (Å²) in [4.78, 5) is 37.9. The van der Waals surface area contributed by atoms with E-state index < -0.39 is 6.10 Å². The van der Waals surface area contributed by atoms with E-state index in [1.165, 1.54) is 141 Å². The van der Waals surface area contributed by atoms with E-state index in [9.17, 15) is 14.4 Å². The lowest BCUT2D eigenvalue weighted by molar-refractivity contribution is -0.167. The largest absolute Gasteiger partial charge is 0.462 e. The first-order valence-electron chi connectivity index (χ1n) is 29.6. The summed E-state index contributed by atoms with van der Waals surface area (Å²) in [6.45, 7) is 6.49. The third-order valence-corrected chi connectivity index (χ3v) is 12.7. The summed E-state index contributed by atoms with van der Waals surface area (Å²) >= 11 is 0. The number of ether oxygens (including phenoxy) is 3. The van der Waals surface area contributed by atoms with Crippen LogP contribution in [0.4, 0.5) is 0 Å². The van der Waals surface area contributed by atoms with E-state index in [1.807, 2.05) is 0 Å². The van der Waals surface area contributed by atoms with E-state index in [4.69, 9.17) is 14.2 Å². The Morgan fingerprint density at radius 2 is 0.557 bits per heavy atom. The SMILES string of the molecule is CC/C=C\C/C=C\C/C=C\C/C=C\C/C=C\C/C=C\C/C=C\CCCCCCCCCCCCCC(=O)OCC(COC(=O)CCCCCCCCC)OC(=O)CCCCCCCCCCCCCC. The third kappa shape index (κ3) is 55.5.